The number of hydrogen-bond acceptors (Lipinski definition) is 5. The van der Waals surface area contributed by atoms with Crippen LogP contribution >= 0.6 is 0 Å². The second-order valence-corrected chi connectivity index (χ2v) is 6.73. The van der Waals surface area contributed by atoms with Crippen LogP contribution in [0.15, 0.2) is 72.8 Å². The largest absolute Gasteiger partial charge is 0.493 e. The van der Waals surface area contributed by atoms with Crippen LogP contribution in [0.5, 0.6) is 11.5 Å². The Balaban J connectivity index is 1.60. The summed E-state index contributed by atoms with van der Waals surface area (Å²) in [4.78, 5) is 12.3. The average molecular weight is 387 g/mol. The molecule has 0 spiro atoms. The molecule has 5 heteroatoms. The van der Waals surface area contributed by atoms with E-state index in [1.165, 1.54) is 0 Å². The van der Waals surface area contributed by atoms with E-state index >= 15 is 0 Å². The maximum atomic E-state index is 12.3. The molecule has 0 aliphatic rings. The van der Waals surface area contributed by atoms with Crippen molar-refractivity contribution in [3.63, 3.8) is 0 Å². The summed E-state index contributed by atoms with van der Waals surface area (Å²) in [6, 6.07) is 23.3. The van der Waals surface area contributed by atoms with E-state index in [0.29, 0.717) is 29.2 Å². The fourth-order valence-corrected chi connectivity index (χ4v) is 2.60. The molecule has 0 amide bonds. The molecule has 0 aromatic heterocycles. The fraction of sp³-hybridized carbons (Fsp3) is 0.167. The molecule has 0 saturated carbocycles. The minimum atomic E-state index is -0.452. The number of rotatable bonds is 7. The Morgan fingerprint density at radius 1 is 0.931 bits per heavy atom. The third-order valence-corrected chi connectivity index (χ3v) is 4.35. The zero-order valence-corrected chi connectivity index (χ0v) is 16.0. The predicted octanol–water partition coefficient (Wildman–Crippen LogP) is 4.45. The predicted molar refractivity (Wildman–Crippen MR) is 110 cm³/mol. The van der Waals surface area contributed by atoms with E-state index in [1.54, 1.807) is 48.5 Å². The van der Waals surface area contributed by atoms with Crippen molar-refractivity contribution in [1.82, 2.24) is 0 Å². The average Bonchev–Trinajstić information content (AvgIpc) is 2.78. The van der Waals surface area contributed by atoms with Gasteiger partial charge < -0.3 is 14.6 Å². The molecule has 0 fully saturated rings. The highest BCUT2D eigenvalue weighted by atomic mass is 16.5. The molecule has 29 heavy (non-hydrogen) atoms. The monoisotopic (exact) mass is 387 g/mol. The topological polar surface area (TPSA) is 79.6 Å². The Morgan fingerprint density at radius 3 is 2.03 bits per heavy atom. The molecule has 1 N–H and O–H groups in total. The maximum absolute atomic E-state index is 12.3. The maximum Gasteiger partial charge on any atom is 0.343 e. The van der Waals surface area contributed by atoms with Crippen molar-refractivity contribution in [2.45, 2.75) is 6.92 Å². The van der Waals surface area contributed by atoms with E-state index in [-0.39, 0.29) is 12.5 Å². The molecular formula is C24H21NO4. The van der Waals surface area contributed by atoms with Crippen molar-refractivity contribution in [2.75, 3.05) is 13.2 Å². The molecule has 0 heterocycles. The SMILES string of the molecule is C[C@@H](CO)COc1ccc(C(=O)Oc2ccc(-c3ccc(C#N)cc3)cc2)cc1. The van der Waals surface area contributed by atoms with Gasteiger partial charge in [-0.15, -0.1) is 0 Å². The van der Waals surface area contributed by atoms with E-state index < -0.39 is 5.97 Å². The Bertz CT molecular complexity index is 987. The number of nitriles is 1. The molecule has 146 valence electrons. The summed E-state index contributed by atoms with van der Waals surface area (Å²) >= 11 is 0. The van der Waals surface area contributed by atoms with Crippen LogP contribution < -0.4 is 9.47 Å². The number of benzene rings is 3. The zero-order valence-electron chi connectivity index (χ0n) is 16.0. The van der Waals surface area contributed by atoms with E-state index in [9.17, 15) is 4.79 Å². The third kappa shape index (κ3) is 5.44. The van der Waals surface area contributed by atoms with Crippen LogP contribution in [0, 0.1) is 17.2 Å². The quantitative estimate of drug-likeness (QED) is 0.478. The van der Waals surface area contributed by atoms with Crippen molar-refractivity contribution < 1.29 is 19.4 Å². The minimum absolute atomic E-state index is 0.0481. The number of esters is 1. The van der Waals surface area contributed by atoms with E-state index in [1.807, 2.05) is 31.2 Å². The van der Waals surface area contributed by atoms with Gasteiger partial charge in [-0.1, -0.05) is 31.2 Å². The van der Waals surface area contributed by atoms with Gasteiger partial charge in [0.05, 0.1) is 23.8 Å². The lowest BCUT2D eigenvalue weighted by Crippen LogP contribution is -2.12. The Kier molecular flexibility index (Phi) is 6.62. The van der Waals surface area contributed by atoms with Gasteiger partial charge in [0.1, 0.15) is 11.5 Å². The van der Waals surface area contributed by atoms with Gasteiger partial charge in [-0.3, -0.25) is 0 Å². The van der Waals surface area contributed by atoms with E-state index in [4.69, 9.17) is 19.8 Å². The Morgan fingerprint density at radius 2 is 1.48 bits per heavy atom. The van der Waals surface area contributed by atoms with Gasteiger partial charge in [0, 0.05) is 12.5 Å². The molecule has 1 atom stereocenters. The normalized spacial score (nSPS) is 11.3. The summed E-state index contributed by atoms with van der Waals surface area (Å²) in [7, 11) is 0. The van der Waals surface area contributed by atoms with Gasteiger partial charge in [0.2, 0.25) is 0 Å². The van der Waals surface area contributed by atoms with Crippen molar-refractivity contribution in [3.05, 3.63) is 83.9 Å². The molecule has 0 unspecified atom stereocenters. The first-order valence-corrected chi connectivity index (χ1v) is 9.25. The molecule has 0 aliphatic carbocycles. The molecule has 3 aromatic rings. The molecule has 0 aliphatic heterocycles. The second kappa shape index (κ2) is 9.54. The first-order chi connectivity index (χ1) is 14.1. The van der Waals surface area contributed by atoms with Crippen LogP contribution in [0.4, 0.5) is 0 Å². The fourth-order valence-electron chi connectivity index (χ4n) is 2.60. The smallest absolute Gasteiger partial charge is 0.343 e. The number of aliphatic hydroxyl groups is 1. The number of aliphatic hydroxyl groups excluding tert-OH is 1. The van der Waals surface area contributed by atoms with Crippen molar-refractivity contribution in [1.29, 1.82) is 5.26 Å². The zero-order chi connectivity index (χ0) is 20.6. The third-order valence-electron chi connectivity index (χ3n) is 4.35. The van der Waals surface area contributed by atoms with Crippen LogP contribution in [0.2, 0.25) is 0 Å². The van der Waals surface area contributed by atoms with E-state index in [0.717, 1.165) is 11.1 Å². The first kappa shape index (κ1) is 20.1. The van der Waals surface area contributed by atoms with Gasteiger partial charge in [0.15, 0.2) is 0 Å². The summed E-state index contributed by atoms with van der Waals surface area (Å²) < 4.78 is 11.0. The highest BCUT2D eigenvalue weighted by molar-refractivity contribution is 5.91. The lowest BCUT2D eigenvalue weighted by molar-refractivity contribution is 0.0734. The lowest BCUT2D eigenvalue weighted by atomic mass is 10.0. The highest BCUT2D eigenvalue weighted by Crippen LogP contribution is 2.23. The standard InChI is InChI=1S/C24H21NO4/c1-17(15-26)16-28-22-10-8-21(9-11-22)24(27)29-23-12-6-20(7-13-23)19-4-2-18(14-25)3-5-19/h2-13,17,26H,15-16H2,1H3/t17-/m0/s1. The Labute approximate surface area is 169 Å². The molecule has 3 aromatic carbocycles. The molecular weight excluding hydrogens is 366 g/mol. The summed E-state index contributed by atoms with van der Waals surface area (Å²) in [6.07, 6.45) is 0. The van der Waals surface area contributed by atoms with Crippen molar-refractivity contribution in [2.24, 2.45) is 5.92 Å². The number of hydrogen-bond donors (Lipinski definition) is 1. The van der Waals surface area contributed by atoms with Gasteiger partial charge in [-0.05, 0) is 59.7 Å². The van der Waals surface area contributed by atoms with Gasteiger partial charge >= 0.3 is 5.97 Å². The van der Waals surface area contributed by atoms with Crippen LogP contribution in [-0.2, 0) is 0 Å². The summed E-state index contributed by atoms with van der Waals surface area (Å²) in [5, 5.41) is 17.9. The Hall–Kier alpha value is -3.62. The van der Waals surface area contributed by atoms with Crippen molar-refractivity contribution in [3.8, 4) is 28.7 Å². The minimum Gasteiger partial charge on any atom is -0.493 e. The number of nitrogens with zero attached hydrogens (tertiary/aromatic N) is 1. The summed E-state index contributed by atoms with van der Waals surface area (Å²) in [6.45, 7) is 2.36. The number of carbonyl (C=O) groups is 1. The van der Waals surface area contributed by atoms with Crippen molar-refractivity contribution >= 4 is 5.97 Å². The molecule has 0 bridgehead atoms. The van der Waals surface area contributed by atoms with Crippen LogP contribution in [-0.4, -0.2) is 24.3 Å². The highest BCUT2D eigenvalue weighted by Gasteiger charge is 2.10. The lowest BCUT2D eigenvalue weighted by Gasteiger charge is -2.11. The van der Waals surface area contributed by atoms with Crippen LogP contribution in [0.25, 0.3) is 11.1 Å². The molecule has 3 rings (SSSR count). The first-order valence-electron chi connectivity index (χ1n) is 9.25. The van der Waals surface area contributed by atoms with Crippen LogP contribution in [0.3, 0.4) is 0 Å². The van der Waals surface area contributed by atoms with Crippen LogP contribution in [0.1, 0.15) is 22.8 Å². The van der Waals surface area contributed by atoms with E-state index in [2.05, 4.69) is 6.07 Å². The molecule has 0 saturated heterocycles. The van der Waals surface area contributed by atoms with Gasteiger partial charge in [-0.25, -0.2) is 4.79 Å². The molecule has 0 radical (unpaired) electrons. The van der Waals surface area contributed by atoms with Gasteiger partial charge in [0.25, 0.3) is 0 Å². The number of ether oxygens (including phenoxy) is 2. The van der Waals surface area contributed by atoms with Gasteiger partial charge in [-0.2, -0.15) is 5.26 Å². The summed E-state index contributed by atoms with van der Waals surface area (Å²) in [5.41, 5.74) is 2.98. The second-order valence-electron chi connectivity index (χ2n) is 6.73. The summed E-state index contributed by atoms with van der Waals surface area (Å²) in [5.74, 6) is 0.677. The molecule has 5 nitrogen and oxygen atoms in total. The number of carbonyl (C=O) groups excluding carboxylic acids is 1.